The fourth-order valence-corrected chi connectivity index (χ4v) is 4.14. The lowest BCUT2D eigenvalue weighted by molar-refractivity contribution is -0.133. The molecule has 1 aromatic carbocycles. The van der Waals surface area contributed by atoms with Gasteiger partial charge in [-0.3, -0.25) is 9.59 Å². The van der Waals surface area contributed by atoms with E-state index >= 15 is 0 Å². The average Bonchev–Trinajstić information content (AvgIpc) is 3.62. The number of hydrogen-bond acceptors (Lipinski definition) is 7. The van der Waals surface area contributed by atoms with Crippen LogP contribution in [0.5, 0.6) is 11.5 Å². The van der Waals surface area contributed by atoms with E-state index in [1.165, 1.54) is 14.2 Å². The Morgan fingerprint density at radius 3 is 2.62 bits per heavy atom. The minimum atomic E-state index is -0.250. The normalized spacial score (nSPS) is 14.4. The molecule has 32 heavy (non-hydrogen) atoms. The molecule has 0 radical (unpaired) electrons. The highest BCUT2D eigenvalue weighted by Crippen LogP contribution is 2.43. The van der Waals surface area contributed by atoms with Gasteiger partial charge in [0.15, 0.2) is 11.5 Å². The second-order valence-corrected chi connectivity index (χ2v) is 7.77. The minimum absolute atomic E-state index is 0.132. The fourth-order valence-electron chi connectivity index (χ4n) is 3.85. The van der Waals surface area contributed by atoms with Crippen molar-refractivity contribution in [2.75, 3.05) is 26.5 Å². The van der Waals surface area contributed by atoms with Crippen molar-refractivity contribution < 1.29 is 24.2 Å². The SMILES string of the molecule is COc1cc(-c2c(C#N)c(N)nc3c2CN(C(=O)C2CC2)CC3)cc(Cl)c1OC.O=CO. The number of nitrogen functional groups attached to an aromatic ring is 1. The van der Waals surface area contributed by atoms with E-state index in [0.29, 0.717) is 47.2 Å². The van der Waals surface area contributed by atoms with Crippen LogP contribution < -0.4 is 15.2 Å². The second kappa shape index (κ2) is 9.75. The van der Waals surface area contributed by atoms with Crippen LogP contribution in [0.2, 0.25) is 5.02 Å². The molecule has 2 aromatic rings. The highest BCUT2D eigenvalue weighted by Gasteiger charge is 2.36. The van der Waals surface area contributed by atoms with Gasteiger partial charge < -0.3 is 25.2 Å². The number of hydrogen-bond donors (Lipinski definition) is 2. The van der Waals surface area contributed by atoms with E-state index in [1.807, 2.05) is 4.90 Å². The van der Waals surface area contributed by atoms with E-state index in [4.69, 9.17) is 36.7 Å². The van der Waals surface area contributed by atoms with Crippen LogP contribution >= 0.6 is 11.6 Å². The summed E-state index contributed by atoms with van der Waals surface area (Å²) in [5.74, 6) is 1.34. The first-order chi connectivity index (χ1) is 15.4. The molecule has 9 nitrogen and oxygen atoms in total. The van der Waals surface area contributed by atoms with Crippen LogP contribution in [0.25, 0.3) is 11.1 Å². The summed E-state index contributed by atoms with van der Waals surface area (Å²) in [4.78, 5) is 27.3. The number of carbonyl (C=O) groups excluding carboxylic acids is 1. The fraction of sp³-hybridized carbons (Fsp3) is 0.364. The molecule has 0 atom stereocenters. The number of benzene rings is 1. The van der Waals surface area contributed by atoms with Gasteiger partial charge in [0.25, 0.3) is 6.47 Å². The van der Waals surface area contributed by atoms with Crippen LogP contribution in [-0.4, -0.2) is 48.1 Å². The molecule has 0 bridgehead atoms. The molecule has 10 heteroatoms. The number of carbonyl (C=O) groups is 2. The summed E-state index contributed by atoms with van der Waals surface area (Å²) >= 11 is 6.41. The molecule has 2 aliphatic rings. The maximum atomic E-state index is 12.6. The second-order valence-electron chi connectivity index (χ2n) is 7.37. The van der Waals surface area contributed by atoms with Gasteiger partial charge in [-0.05, 0) is 30.5 Å². The molecule has 1 saturated carbocycles. The first-order valence-corrected chi connectivity index (χ1v) is 10.3. The van der Waals surface area contributed by atoms with E-state index in [1.54, 1.807) is 12.1 Å². The van der Waals surface area contributed by atoms with Crippen molar-refractivity contribution in [2.45, 2.75) is 25.8 Å². The zero-order chi connectivity index (χ0) is 23.4. The van der Waals surface area contributed by atoms with E-state index in [-0.39, 0.29) is 29.7 Å². The molecule has 1 aliphatic heterocycles. The lowest BCUT2D eigenvalue weighted by Gasteiger charge is -2.31. The summed E-state index contributed by atoms with van der Waals surface area (Å²) in [7, 11) is 3.04. The lowest BCUT2D eigenvalue weighted by atomic mass is 9.90. The van der Waals surface area contributed by atoms with Crippen LogP contribution in [0.4, 0.5) is 5.82 Å². The Kier molecular flexibility index (Phi) is 7.05. The van der Waals surface area contributed by atoms with Crippen LogP contribution in [0, 0.1) is 17.2 Å². The molecule has 3 N–H and O–H groups in total. The molecule has 0 saturated heterocycles. The Morgan fingerprint density at radius 1 is 1.38 bits per heavy atom. The van der Waals surface area contributed by atoms with Gasteiger partial charge in [-0.2, -0.15) is 5.26 Å². The number of methoxy groups -OCH3 is 2. The van der Waals surface area contributed by atoms with Crippen LogP contribution in [0.15, 0.2) is 12.1 Å². The predicted octanol–water partition coefficient (Wildman–Crippen LogP) is 2.87. The molecule has 0 unspecified atom stereocenters. The van der Waals surface area contributed by atoms with Gasteiger partial charge in [-0.25, -0.2) is 4.98 Å². The van der Waals surface area contributed by atoms with Crippen molar-refractivity contribution in [2.24, 2.45) is 5.92 Å². The van der Waals surface area contributed by atoms with Gasteiger partial charge in [0.1, 0.15) is 17.5 Å². The van der Waals surface area contributed by atoms with Gasteiger partial charge in [0.2, 0.25) is 5.91 Å². The number of nitrogens with zero attached hydrogens (tertiary/aromatic N) is 3. The largest absolute Gasteiger partial charge is 0.493 e. The summed E-state index contributed by atoms with van der Waals surface area (Å²) in [5, 5.41) is 17.0. The van der Waals surface area contributed by atoms with Gasteiger partial charge in [-0.15, -0.1) is 0 Å². The zero-order valence-corrected chi connectivity index (χ0v) is 18.5. The topological polar surface area (TPSA) is 139 Å². The van der Waals surface area contributed by atoms with Crippen molar-refractivity contribution in [1.29, 1.82) is 5.26 Å². The maximum absolute atomic E-state index is 12.6. The monoisotopic (exact) mass is 458 g/mol. The molecular weight excluding hydrogens is 436 g/mol. The molecule has 1 aliphatic carbocycles. The van der Waals surface area contributed by atoms with E-state index in [9.17, 15) is 10.1 Å². The summed E-state index contributed by atoms with van der Waals surface area (Å²) in [5.41, 5.74) is 9.34. The van der Waals surface area contributed by atoms with Crippen molar-refractivity contribution >= 4 is 29.8 Å². The summed E-state index contributed by atoms with van der Waals surface area (Å²) in [6.45, 7) is 0.751. The number of nitriles is 1. The number of anilines is 1. The average molecular weight is 459 g/mol. The first kappa shape index (κ1) is 23.2. The summed E-state index contributed by atoms with van der Waals surface area (Å²) < 4.78 is 10.7. The molecule has 4 rings (SSSR count). The Balaban J connectivity index is 0.000000913. The highest BCUT2D eigenvalue weighted by molar-refractivity contribution is 6.32. The lowest BCUT2D eigenvalue weighted by Crippen LogP contribution is -2.37. The van der Waals surface area contributed by atoms with Gasteiger partial charge in [0.05, 0.1) is 24.9 Å². The quantitative estimate of drug-likeness (QED) is 0.666. The number of ether oxygens (including phenoxy) is 2. The first-order valence-electron chi connectivity index (χ1n) is 9.89. The van der Waals surface area contributed by atoms with Crippen LogP contribution in [0.3, 0.4) is 0 Å². The summed E-state index contributed by atoms with van der Waals surface area (Å²) in [6.07, 6.45) is 2.49. The van der Waals surface area contributed by atoms with Crippen molar-refractivity contribution in [1.82, 2.24) is 9.88 Å². The standard InChI is InChI=1S/C21H21ClN4O3.CH2O2/c1-28-17-8-12(7-15(22)19(17)29-2)18-13(9-23)20(24)25-16-5-6-26(10-14(16)18)21(27)11-3-4-11;2-1-3/h7-8,11H,3-6,10H2,1-2H3,(H2,24,25);1H,(H,2,3). The highest BCUT2D eigenvalue weighted by atomic mass is 35.5. The number of aromatic nitrogens is 1. The number of pyridine rings is 1. The Bertz CT molecular complexity index is 1090. The Labute approximate surface area is 190 Å². The Hall–Kier alpha value is -3.51. The molecular formula is C22H23ClN4O5. The molecule has 168 valence electrons. The molecule has 2 heterocycles. The maximum Gasteiger partial charge on any atom is 0.290 e. The summed E-state index contributed by atoms with van der Waals surface area (Å²) in [6, 6.07) is 5.66. The number of nitrogens with two attached hydrogens (primary N) is 1. The van der Waals surface area contributed by atoms with Gasteiger partial charge in [-0.1, -0.05) is 11.6 Å². The third-order valence-corrected chi connectivity index (χ3v) is 5.73. The third kappa shape index (κ3) is 4.41. The zero-order valence-electron chi connectivity index (χ0n) is 17.7. The molecule has 1 amide bonds. The van der Waals surface area contributed by atoms with Crippen molar-refractivity contribution in [3.63, 3.8) is 0 Å². The number of rotatable bonds is 4. The predicted molar refractivity (Wildman–Crippen MR) is 117 cm³/mol. The van der Waals surface area contributed by atoms with Crippen LogP contribution in [0.1, 0.15) is 29.7 Å². The third-order valence-electron chi connectivity index (χ3n) is 5.45. The molecule has 1 aromatic heterocycles. The van der Waals surface area contributed by atoms with E-state index < -0.39 is 0 Å². The van der Waals surface area contributed by atoms with E-state index in [2.05, 4.69) is 11.1 Å². The number of carboxylic acid groups (broad SMARTS) is 1. The van der Waals surface area contributed by atoms with Crippen molar-refractivity contribution in [3.05, 3.63) is 34.0 Å². The van der Waals surface area contributed by atoms with E-state index in [0.717, 1.165) is 24.1 Å². The number of fused-ring (bicyclic) bond motifs is 1. The number of amides is 1. The minimum Gasteiger partial charge on any atom is -0.493 e. The number of halogens is 1. The van der Waals surface area contributed by atoms with Crippen molar-refractivity contribution in [3.8, 4) is 28.7 Å². The molecule has 1 fully saturated rings. The Morgan fingerprint density at radius 2 is 2.06 bits per heavy atom. The van der Waals surface area contributed by atoms with Gasteiger partial charge >= 0.3 is 0 Å². The van der Waals surface area contributed by atoms with Crippen LogP contribution in [-0.2, 0) is 22.6 Å². The smallest absolute Gasteiger partial charge is 0.290 e. The van der Waals surface area contributed by atoms with Gasteiger partial charge in [0, 0.05) is 36.6 Å². The molecule has 0 spiro atoms.